The van der Waals surface area contributed by atoms with Crippen molar-refractivity contribution in [3.05, 3.63) is 12.3 Å². The van der Waals surface area contributed by atoms with E-state index >= 15 is 0 Å². The van der Waals surface area contributed by atoms with E-state index in [-0.39, 0.29) is 0 Å². The molecular weight excluding hydrogens is 134 g/mol. The highest BCUT2D eigenvalue weighted by Gasteiger charge is 2.26. The molecule has 1 nitrogen and oxygen atoms in total. The molecule has 11 heavy (non-hydrogen) atoms. The predicted molar refractivity (Wildman–Crippen MR) is 49.4 cm³/mol. The van der Waals surface area contributed by atoms with Gasteiger partial charge >= 0.3 is 0 Å². The zero-order valence-corrected chi connectivity index (χ0v) is 7.91. The van der Waals surface area contributed by atoms with E-state index in [0.29, 0.717) is 11.5 Å². The second-order valence-electron chi connectivity index (χ2n) is 4.56. The smallest absolute Gasteiger partial charge is 0.0306 e. The molecule has 1 N–H and O–H groups in total. The summed E-state index contributed by atoms with van der Waals surface area (Å²) in [6.45, 7) is 10.8. The molecule has 1 saturated heterocycles. The van der Waals surface area contributed by atoms with E-state index in [1.165, 1.54) is 18.5 Å². The quantitative estimate of drug-likeness (QED) is 0.564. The summed E-state index contributed by atoms with van der Waals surface area (Å²) in [7, 11) is 0. The third-order valence-electron chi connectivity index (χ3n) is 2.40. The van der Waals surface area contributed by atoms with Crippen LogP contribution in [0.5, 0.6) is 0 Å². The summed E-state index contributed by atoms with van der Waals surface area (Å²) in [5, 5.41) is 3.46. The van der Waals surface area contributed by atoms with E-state index in [4.69, 9.17) is 0 Å². The molecule has 0 radical (unpaired) electrons. The van der Waals surface area contributed by atoms with Crippen LogP contribution >= 0.6 is 0 Å². The molecule has 0 aromatic carbocycles. The molecule has 1 unspecified atom stereocenters. The van der Waals surface area contributed by atoms with E-state index in [9.17, 15) is 0 Å². The van der Waals surface area contributed by atoms with Crippen molar-refractivity contribution in [2.75, 3.05) is 0 Å². The lowest BCUT2D eigenvalue weighted by atomic mass is 9.81. The Morgan fingerprint density at radius 3 is 2.45 bits per heavy atom. The Kier molecular flexibility index (Phi) is 2.26. The molecular formula is C10H19N. The van der Waals surface area contributed by atoms with Crippen LogP contribution in [0.25, 0.3) is 0 Å². The average molecular weight is 153 g/mol. The number of rotatable bonds is 0. The molecule has 1 aliphatic heterocycles. The third kappa shape index (κ3) is 2.25. The molecule has 1 atom stereocenters. The van der Waals surface area contributed by atoms with Gasteiger partial charge in [-0.1, -0.05) is 27.4 Å². The van der Waals surface area contributed by atoms with Crippen molar-refractivity contribution in [1.29, 1.82) is 0 Å². The fourth-order valence-electron chi connectivity index (χ4n) is 1.56. The summed E-state index contributed by atoms with van der Waals surface area (Å²) in [5.74, 6) is 0. The highest BCUT2D eigenvalue weighted by Crippen LogP contribution is 2.27. The molecule has 1 fully saturated rings. The fourth-order valence-corrected chi connectivity index (χ4v) is 1.56. The highest BCUT2D eigenvalue weighted by atomic mass is 14.9. The summed E-state index contributed by atoms with van der Waals surface area (Å²) < 4.78 is 0. The first-order valence-electron chi connectivity index (χ1n) is 4.44. The monoisotopic (exact) mass is 153 g/mol. The van der Waals surface area contributed by atoms with Gasteiger partial charge in [0.05, 0.1) is 0 Å². The van der Waals surface area contributed by atoms with Gasteiger partial charge in [0.1, 0.15) is 0 Å². The van der Waals surface area contributed by atoms with Crippen LogP contribution < -0.4 is 5.32 Å². The van der Waals surface area contributed by atoms with E-state index < -0.39 is 0 Å². The molecule has 1 heteroatoms. The standard InChI is InChI=1S/C10H19N/c1-8-6-5-7-9(11-8)10(2,3)4/h9,11H,1,5-7H2,2-4H3. The Hall–Kier alpha value is -0.460. The van der Waals surface area contributed by atoms with Crippen LogP contribution in [0.1, 0.15) is 40.0 Å². The van der Waals surface area contributed by atoms with Crippen molar-refractivity contribution in [3.63, 3.8) is 0 Å². The van der Waals surface area contributed by atoms with Gasteiger partial charge in [-0.2, -0.15) is 0 Å². The molecule has 0 bridgehead atoms. The number of allylic oxidation sites excluding steroid dienone is 1. The maximum Gasteiger partial charge on any atom is 0.0306 e. The van der Waals surface area contributed by atoms with Gasteiger partial charge in [-0.15, -0.1) is 0 Å². The molecule has 0 aromatic rings. The van der Waals surface area contributed by atoms with Crippen molar-refractivity contribution < 1.29 is 0 Å². The lowest BCUT2D eigenvalue weighted by Gasteiger charge is -2.36. The molecule has 0 spiro atoms. The Morgan fingerprint density at radius 2 is 2.09 bits per heavy atom. The first-order valence-corrected chi connectivity index (χ1v) is 4.44. The van der Waals surface area contributed by atoms with Crippen molar-refractivity contribution >= 4 is 0 Å². The van der Waals surface area contributed by atoms with Crippen LogP contribution in [-0.4, -0.2) is 6.04 Å². The zero-order chi connectivity index (χ0) is 8.48. The van der Waals surface area contributed by atoms with Gasteiger partial charge < -0.3 is 5.32 Å². The van der Waals surface area contributed by atoms with Gasteiger partial charge in [0, 0.05) is 11.7 Å². The Labute approximate surface area is 69.9 Å². The summed E-state index contributed by atoms with van der Waals surface area (Å²) in [4.78, 5) is 0. The minimum atomic E-state index is 0.378. The lowest BCUT2D eigenvalue weighted by molar-refractivity contribution is 0.246. The van der Waals surface area contributed by atoms with Crippen molar-refractivity contribution in [2.45, 2.75) is 46.1 Å². The van der Waals surface area contributed by atoms with E-state index in [1.807, 2.05) is 0 Å². The number of nitrogens with one attached hydrogen (secondary N) is 1. The fraction of sp³-hybridized carbons (Fsp3) is 0.800. The number of hydrogen-bond donors (Lipinski definition) is 1. The van der Waals surface area contributed by atoms with E-state index in [2.05, 4.69) is 32.7 Å². The predicted octanol–water partition coefficient (Wildman–Crippen LogP) is 2.69. The van der Waals surface area contributed by atoms with Crippen LogP contribution in [0.4, 0.5) is 0 Å². The van der Waals surface area contributed by atoms with Gasteiger partial charge in [0.15, 0.2) is 0 Å². The largest absolute Gasteiger partial charge is 0.386 e. The molecule has 0 aliphatic carbocycles. The van der Waals surface area contributed by atoms with Crippen LogP contribution in [-0.2, 0) is 0 Å². The SMILES string of the molecule is C=C1CCCC(C(C)(C)C)N1. The van der Waals surface area contributed by atoms with Crippen LogP contribution in [0.2, 0.25) is 0 Å². The molecule has 1 heterocycles. The number of piperidine rings is 1. The van der Waals surface area contributed by atoms with Gasteiger partial charge in [-0.25, -0.2) is 0 Å². The molecule has 0 aromatic heterocycles. The average Bonchev–Trinajstić information content (AvgIpc) is 1.86. The lowest BCUT2D eigenvalue weighted by Crippen LogP contribution is -2.41. The second-order valence-corrected chi connectivity index (χ2v) is 4.56. The van der Waals surface area contributed by atoms with Gasteiger partial charge in [-0.05, 0) is 24.7 Å². The molecule has 0 saturated carbocycles. The molecule has 1 rings (SSSR count). The van der Waals surface area contributed by atoms with Gasteiger partial charge in [-0.3, -0.25) is 0 Å². The summed E-state index contributed by atoms with van der Waals surface area (Å²) in [6.07, 6.45) is 3.75. The molecule has 1 aliphatic rings. The second kappa shape index (κ2) is 2.88. The maximum atomic E-state index is 3.97. The van der Waals surface area contributed by atoms with Crippen LogP contribution in [0.15, 0.2) is 12.3 Å². The minimum Gasteiger partial charge on any atom is -0.386 e. The van der Waals surface area contributed by atoms with Crippen molar-refractivity contribution in [2.24, 2.45) is 5.41 Å². The molecule has 64 valence electrons. The maximum absolute atomic E-state index is 3.97. The Balaban J connectivity index is 2.53. The molecule has 0 amide bonds. The van der Waals surface area contributed by atoms with Crippen LogP contribution in [0, 0.1) is 5.41 Å². The van der Waals surface area contributed by atoms with Crippen LogP contribution in [0.3, 0.4) is 0 Å². The van der Waals surface area contributed by atoms with E-state index in [1.54, 1.807) is 0 Å². The van der Waals surface area contributed by atoms with Gasteiger partial charge in [0.2, 0.25) is 0 Å². The van der Waals surface area contributed by atoms with E-state index in [0.717, 1.165) is 6.42 Å². The first-order chi connectivity index (χ1) is 5.00. The topological polar surface area (TPSA) is 12.0 Å². The summed E-state index contributed by atoms with van der Waals surface area (Å²) >= 11 is 0. The minimum absolute atomic E-state index is 0.378. The first kappa shape index (κ1) is 8.63. The highest BCUT2D eigenvalue weighted by molar-refractivity contribution is 5.00. The Morgan fingerprint density at radius 1 is 1.45 bits per heavy atom. The summed E-state index contributed by atoms with van der Waals surface area (Å²) in [6, 6.07) is 0.628. The third-order valence-corrected chi connectivity index (χ3v) is 2.40. The zero-order valence-electron chi connectivity index (χ0n) is 7.91. The number of hydrogen-bond acceptors (Lipinski definition) is 1. The Bertz CT molecular complexity index is 153. The van der Waals surface area contributed by atoms with Gasteiger partial charge in [0.25, 0.3) is 0 Å². The summed E-state index contributed by atoms with van der Waals surface area (Å²) in [5.41, 5.74) is 1.60. The normalized spacial score (nSPS) is 26.5. The van der Waals surface area contributed by atoms with Crippen molar-refractivity contribution in [3.8, 4) is 0 Å². The van der Waals surface area contributed by atoms with Crippen molar-refractivity contribution in [1.82, 2.24) is 5.32 Å².